The van der Waals surface area contributed by atoms with Gasteiger partial charge in [0.15, 0.2) is 0 Å². The number of β-amino-alcohol motifs (C(OH)–C–C–N with tert-alkyl or cyclic N) is 1. The number of nitrogens with zero attached hydrogens (tertiary/aromatic N) is 1. The van der Waals surface area contributed by atoms with Crippen molar-refractivity contribution in [3.8, 4) is 0 Å². The molecule has 4 nitrogen and oxygen atoms in total. The highest BCUT2D eigenvalue weighted by Crippen LogP contribution is 2.32. The van der Waals surface area contributed by atoms with E-state index in [9.17, 15) is 9.90 Å². The molecular formula is C14H28N2O2. The number of hydrogen-bond donors (Lipinski definition) is 2. The first-order valence-electron chi connectivity index (χ1n) is 7.27. The number of carbonyl (C=O) groups excluding carboxylic acids is 1. The summed E-state index contributed by atoms with van der Waals surface area (Å²) in [5.74, 6) is 0.160. The first-order valence-corrected chi connectivity index (χ1v) is 7.27. The lowest BCUT2D eigenvalue weighted by Crippen LogP contribution is -2.52. The van der Waals surface area contributed by atoms with Gasteiger partial charge in [0.2, 0.25) is 5.91 Å². The van der Waals surface area contributed by atoms with E-state index in [0.717, 1.165) is 45.1 Å². The molecule has 1 aliphatic heterocycles. The van der Waals surface area contributed by atoms with Crippen molar-refractivity contribution in [2.24, 2.45) is 11.1 Å². The fourth-order valence-electron chi connectivity index (χ4n) is 3.06. The van der Waals surface area contributed by atoms with E-state index < -0.39 is 5.41 Å². The van der Waals surface area contributed by atoms with Gasteiger partial charge in [0, 0.05) is 19.6 Å². The Kier molecular flexibility index (Phi) is 6.09. The van der Waals surface area contributed by atoms with Gasteiger partial charge in [-0.3, -0.25) is 4.79 Å². The molecule has 4 heteroatoms. The molecule has 1 rings (SSSR count). The van der Waals surface area contributed by atoms with Gasteiger partial charge in [0.25, 0.3) is 0 Å². The molecule has 0 spiro atoms. The van der Waals surface area contributed by atoms with Crippen LogP contribution in [0.25, 0.3) is 0 Å². The van der Waals surface area contributed by atoms with E-state index in [0.29, 0.717) is 13.1 Å². The second kappa shape index (κ2) is 7.10. The predicted octanol–water partition coefficient (Wildman–Crippen LogP) is 1.51. The van der Waals surface area contributed by atoms with Gasteiger partial charge < -0.3 is 15.7 Å². The smallest absolute Gasteiger partial charge is 0.230 e. The highest BCUT2D eigenvalue weighted by Gasteiger charge is 2.39. The molecule has 1 heterocycles. The zero-order chi connectivity index (χ0) is 13.6. The average Bonchev–Trinajstić information content (AvgIpc) is 2.37. The van der Waals surface area contributed by atoms with Gasteiger partial charge in [-0.1, -0.05) is 26.7 Å². The highest BCUT2D eigenvalue weighted by atomic mass is 16.3. The van der Waals surface area contributed by atoms with Crippen molar-refractivity contribution in [1.29, 1.82) is 0 Å². The van der Waals surface area contributed by atoms with E-state index in [-0.39, 0.29) is 12.0 Å². The minimum absolute atomic E-state index is 0.160. The molecule has 0 aromatic rings. The number of likely N-dealkylation sites (tertiary alicyclic amines) is 1. The van der Waals surface area contributed by atoms with Crippen LogP contribution in [0.4, 0.5) is 0 Å². The monoisotopic (exact) mass is 256 g/mol. The fraction of sp³-hybridized carbons (Fsp3) is 0.929. The maximum absolute atomic E-state index is 12.7. The largest absolute Gasteiger partial charge is 0.391 e. The van der Waals surface area contributed by atoms with Crippen LogP contribution >= 0.6 is 0 Å². The number of aliphatic hydroxyl groups excluding tert-OH is 1. The summed E-state index contributed by atoms with van der Waals surface area (Å²) in [5, 5.41) is 9.70. The van der Waals surface area contributed by atoms with Crippen LogP contribution in [0, 0.1) is 5.41 Å². The molecular weight excluding hydrogens is 228 g/mol. The van der Waals surface area contributed by atoms with Crippen LogP contribution in [0.15, 0.2) is 0 Å². The molecule has 0 aromatic carbocycles. The van der Waals surface area contributed by atoms with Gasteiger partial charge in [-0.15, -0.1) is 0 Å². The molecule has 0 aliphatic carbocycles. The second-order valence-electron chi connectivity index (χ2n) is 5.53. The highest BCUT2D eigenvalue weighted by molar-refractivity contribution is 5.83. The van der Waals surface area contributed by atoms with Crippen molar-refractivity contribution in [2.75, 3.05) is 19.6 Å². The SMILES string of the molecule is CCCC(CN)(CCC)C(=O)N1CCCC(O)C1. The molecule has 1 amide bonds. The van der Waals surface area contributed by atoms with E-state index in [4.69, 9.17) is 5.73 Å². The quantitative estimate of drug-likeness (QED) is 0.757. The molecule has 106 valence electrons. The molecule has 1 aliphatic rings. The average molecular weight is 256 g/mol. The first kappa shape index (κ1) is 15.4. The molecule has 0 radical (unpaired) electrons. The van der Waals surface area contributed by atoms with Crippen LogP contribution in [-0.4, -0.2) is 41.7 Å². The Morgan fingerprint density at radius 2 is 2.00 bits per heavy atom. The number of amides is 1. The van der Waals surface area contributed by atoms with Gasteiger partial charge in [-0.25, -0.2) is 0 Å². The lowest BCUT2D eigenvalue weighted by Gasteiger charge is -2.39. The molecule has 1 unspecified atom stereocenters. The Morgan fingerprint density at radius 1 is 1.39 bits per heavy atom. The maximum Gasteiger partial charge on any atom is 0.230 e. The van der Waals surface area contributed by atoms with Gasteiger partial charge in [0.05, 0.1) is 11.5 Å². The van der Waals surface area contributed by atoms with Crippen molar-refractivity contribution in [2.45, 2.75) is 58.5 Å². The Morgan fingerprint density at radius 3 is 2.44 bits per heavy atom. The summed E-state index contributed by atoms with van der Waals surface area (Å²) in [7, 11) is 0. The summed E-state index contributed by atoms with van der Waals surface area (Å²) in [6, 6.07) is 0. The topological polar surface area (TPSA) is 66.6 Å². The Bertz CT molecular complexity index is 263. The minimum atomic E-state index is -0.402. The molecule has 18 heavy (non-hydrogen) atoms. The standard InChI is InChI=1S/C14H28N2O2/c1-3-7-14(11-15,8-4-2)13(18)16-9-5-6-12(17)10-16/h12,17H,3-11,15H2,1-2H3. The fourth-order valence-corrected chi connectivity index (χ4v) is 3.06. The molecule has 1 atom stereocenters. The molecule has 1 saturated heterocycles. The van der Waals surface area contributed by atoms with Gasteiger partial charge >= 0.3 is 0 Å². The van der Waals surface area contributed by atoms with Crippen molar-refractivity contribution >= 4 is 5.91 Å². The van der Waals surface area contributed by atoms with E-state index in [2.05, 4.69) is 13.8 Å². The van der Waals surface area contributed by atoms with Crippen LogP contribution in [0.1, 0.15) is 52.4 Å². The summed E-state index contributed by atoms with van der Waals surface area (Å²) in [5.41, 5.74) is 5.51. The summed E-state index contributed by atoms with van der Waals surface area (Å²) in [4.78, 5) is 14.5. The van der Waals surface area contributed by atoms with Gasteiger partial charge in [-0.05, 0) is 25.7 Å². The number of rotatable bonds is 6. The van der Waals surface area contributed by atoms with Gasteiger partial charge in [0.1, 0.15) is 0 Å². The summed E-state index contributed by atoms with van der Waals surface area (Å²) in [6.45, 7) is 5.86. The van der Waals surface area contributed by atoms with Crippen LogP contribution in [0.2, 0.25) is 0 Å². The number of carbonyl (C=O) groups is 1. The number of aliphatic hydroxyl groups is 1. The zero-order valence-corrected chi connectivity index (χ0v) is 11.8. The summed E-state index contributed by atoms with van der Waals surface area (Å²) < 4.78 is 0. The molecule has 3 N–H and O–H groups in total. The van der Waals surface area contributed by atoms with Crippen LogP contribution in [0.5, 0.6) is 0 Å². The van der Waals surface area contributed by atoms with E-state index in [1.165, 1.54) is 0 Å². The van der Waals surface area contributed by atoms with Crippen LogP contribution in [0.3, 0.4) is 0 Å². The molecule has 0 aromatic heterocycles. The van der Waals surface area contributed by atoms with Crippen molar-refractivity contribution < 1.29 is 9.90 Å². The first-order chi connectivity index (χ1) is 8.59. The molecule has 0 bridgehead atoms. The lowest BCUT2D eigenvalue weighted by atomic mass is 9.77. The summed E-state index contributed by atoms with van der Waals surface area (Å²) in [6.07, 6.45) is 4.98. The Balaban J connectivity index is 2.79. The maximum atomic E-state index is 12.7. The van der Waals surface area contributed by atoms with E-state index in [1.54, 1.807) is 0 Å². The van der Waals surface area contributed by atoms with Gasteiger partial charge in [-0.2, -0.15) is 0 Å². The number of nitrogens with two attached hydrogens (primary N) is 1. The number of hydrogen-bond acceptors (Lipinski definition) is 3. The Labute approximate surface area is 111 Å². The van der Waals surface area contributed by atoms with Crippen LogP contribution in [-0.2, 0) is 4.79 Å². The molecule has 0 saturated carbocycles. The van der Waals surface area contributed by atoms with Crippen molar-refractivity contribution in [3.05, 3.63) is 0 Å². The van der Waals surface area contributed by atoms with Crippen molar-refractivity contribution in [3.63, 3.8) is 0 Å². The van der Waals surface area contributed by atoms with Crippen molar-refractivity contribution in [1.82, 2.24) is 4.90 Å². The third-order valence-electron chi connectivity index (χ3n) is 3.99. The Hall–Kier alpha value is -0.610. The third kappa shape index (κ3) is 3.45. The summed E-state index contributed by atoms with van der Waals surface area (Å²) >= 11 is 0. The lowest BCUT2D eigenvalue weighted by molar-refractivity contribution is -0.145. The zero-order valence-electron chi connectivity index (χ0n) is 11.8. The predicted molar refractivity (Wildman–Crippen MR) is 73.1 cm³/mol. The normalized spacial score (nSPS) is 21.1. The van der Waals surface area contributed by atoms with Crippen LogP contribution < -0.4 is 5.73 Å². The minimum Gasteiger partial charge on any atom is -0.391 e. The third-order valence-corrected chi connectivity index (χ3v) is 3.99. The molecule has 1 fully saturated rings. The van der Waals surface area contributed by atoms with E-state index >= 15 is 0 Å². The number of piperidine rings is 1. The van der Waals surface area contributed by atoms with E-state index in [1.807, 2.05) is 4.90 Å². The second-order valence-corrected chi connectivity index (χ2v) is 5.53.